The molecule has 0 unspecified atom stereocenters. The number of amides is 2. The molecule has 2 amide bonds. The van der Waals surface area contributed by atoms with Gasteiger partial charge in [-0.2, -0.15) is 0 Å². The van der Waals surface area contributed by atoms with E-state index in [1.165, 1.54) is 31.2 Å². The Morgan fingerprint density at radius 2 is 1.91 bits per heavy atom. The zero-order valence-corrected chi connectivity index (χ0v) is 19.2. The van der Waals surface area contributed by atoms with Crippen molar-refractivity contribution in [3.05, 3.63) is 56.4 Å². The molecule has 1 atom stereocenters. The van der Waals surface area contributed by atoms with E-state index in [9.17, 15) is 19.2 Å². The monoisotopic (exact) mass is 468 g/mol. The first-order valence-electron chi connectivity index (χ1n) is 10.7. The van der Waals surface area contributed by atoms with Gasteiger partial charge in [0, 0.05) is 24.2 Å². The van der Waals surface area contributed by atoms with E-state index >= 15 is 0 Å². The first-order valence-corrected chi connectivity index (χ1v) is 11.5. The molecule has 2 aromatic heterocycles. The van der Waals surface area contributed by atoms with Gasteiger partial charge < -0.3 is 15.8 Å². The molecule has 1 aliphatic rings. The molecule has 9 nitrogen and oxygen atoms in total. The van der Waals surface area contributed by atoms with E-state index in [1.807, 2.05) is 0 Å². The summed E-state index contributed by atoms with van der Waals surface area (Å²) in [6.07, 6.45) is 2.62. The van der Waals surface area contributed by atoms with Crippen LogP contribution in [0.3, 0.4) is 0 Å². The summed E-state index contributed by atoms with van der Waals surface area (Å²) < 4.78 is 7.09. The van der Waals surface area contributed by atoms with Gasteiger partial charge in [0.25, 0.3) is 11.5 Å². The van der Waals surface area contributed by atoms with Crippen LogP contribution in [-0.2, 0) is 22.5 Å². The van der Waals surface area contributed by atoms with Crippen LogP contribution in [0, 0.1) is 6.92 Å². The molecule has 0 radical (unpaired) electrons. The molecule has 172 valence electrons. The van der Waals surface area contributed by atoms with E-state index in [4.69, 9.17) is 10.5 Å². The van der Waals surface area contributed by atoms with Crippen LogP contribution < -0.4 is 16.6 Å². The SMILES string of the molecule is Cc1c(C(=O)O[C@H](C)C(=O)Nc2ccc(C(N)=O)cc2)sc2nc3n(c(=O)c12)CCCCC3. The Morgan fingerprint density at radius 1 is 1.18 bits per heavy atom. The molecule has 0 fully saturated rings. The number of benzene rings is 1. The molecule has 3 aromatic rings. The molecule has 33 heavy (non-hydrogen) atoms. The van der Waals surface area contributed by atoms with Gasteiger partial charge in [-0.15, -0.1) is 11.3 Å². The Kier molecular flexibility index (Phi) is 6.28. The highest BCUT2D eigenvalue weighted by molar-refractivity contribution is 7.20. The first-order chi connectivity index (χ1) is 15.8. The van der Waals surface area contributed by atoms with Crippen LogP contribution in [0.15, 0.2) is 29.1 Å². The van der Waals surface area contributed by atoms with Crippen molar-refractivity contribution in [2.75, 3.05) is 5.32 Å². The number of aryl methyl sites for hydroxylation is 2. The van der Waals surface area contributed by atoms with E-state index in [1.54, 1.807) is 11.5 Å². The molecule has 0 spiro atoms. The summed E-state index contributed by atoms with van der Waals surface area (Å²) in [6.45, 7) is 3.79. The van der Waals surface area contributed by atoms with Crippen molar-refractivity contribution in [3.63, 3.8) is 0 Å². The number of anilines is 1. The molecule has 0 aliphatic carbocycles. The topological polar surface area (TPSA) is 133 Å². The second kappa shape index (κ2) is 9.14. The number of nitrogens with two attached hydrogens (primary N) is 1. The summed E-state index contributed by atoms with van der Waals surface area (Å²) in [5, 5.41) is 3.06. The lowest BCUT2D eigenvalue weighted by Crippen LogP contribution is -2.30. The van der Waals surface area contributed by atoms with Gasteiger partial charge in [0.05, 0.1) is 5.39 Å². The van der Waals surface area contributed by atoms with Crippen LogP contribution in [0.1, 0.15) is 57.6 Å². The van der Waals surface area contributed by atoms with Gasteiger partial charge in [-0.05, 0) is 56.5 Å². The number of rotatable bonds is 5. The number of carbonyl (C=O) groups excluding carboxylic acids is 3. The number of aromatic nitrogens is 2. The summed E-state index contributed by atoms with van der Waals surface area (Å²) in [4.78, 5) is 55.0. The smallest absolute Gasteiger partial charge is 0.349 e. The number of esters is 1. The van der Waals surface area contributed by atoms with Gasteiger partial charge in [0.1, 0.15) is 15.5 Å². The quantitative estimate of drug-likeness (QED) is 0.553. The number of nitrogens with zero attached hydrogens (tertiary/aromatic N) is 2. The fourth-order valence-corrected chi connectivity index (χ4v) is 4.91. The number of fused-ring (bicyclic) bond motifs is 2. The number of carbonyl (C=O) groups is 3. The zero-order chi connectivity index (χ0) is 23.7. The molecule has 10 heteroatoms. The van der Waals surface area contributed by atoms with E-state index in [2.05, 4.69) is 10.3 Å². The molecule has 0 bridgehead atoms. The van der Waals surface area contributed by atoms with Crippen LogP contribution in [0.4, 0.5) is 5.69 Å². The van der Waals surface area contributed by atoms with Crippen molar-refractivity contribution in [1.82, 2.24) is 9.55 Å². The zero-order valence-electron chi connectivity index (χ0n) is 18.3. The number of nitrogens with one attached hydrogen (secondary N) is 1. The minimum atomic E-state index is -1.08. The third-order valence-corrected chi connectivity index (χ3v) is 6.85. The third kappa shape index (κ3) is 4.51. The van der Waals surface area contributed by atoms with Crippen LogP contribution >= 0.6 is 11.3 Å². The van der Waals surface area contributed by atoms with Gasteiger partial charge in [-0.1, -0.05) is 6.42 Å². The fraction of sp³-hybridized carbons (Fsp3) is 0.348. The Labute approximate surface area is 193 Å². The van der Waals surface area contributed by atoms with Crippen molar-refractivity contribution in [3.8, 4) is 0 Å². The average Bonchev–Trinajstić information content (AvgIpc) is 2.95. The van der Waals surface area contributed by atoms with Gasteiger partial charge >= 0.3 is 5.97 Å². The second-order valence-electron chi connectivity index (χ2n) is 8.01. The average molecular weight is 469 g/mol. The van der Waals surface area contributed by atoms with E-state index in [-0.39, 0.29) is 10.4 Å². The lowest BCUT2D eigenvalue weighted by atomic mass is 10.2. The number of hydrogen-bond acceptors (Lipinski definition) is 7. The van der Waals surface area contributed by atoms with Crippen molar-refractivity contribution >= 4 is 45.0 Å². The van der Waals surface area contributed by atoms with Crippen LogP contribution in [0.25, 0.3) is 10.2 Å². The van der Waals surface area contributed by atoms with Crippen LogP contribution in [-0.4, -0.2) is 33.4 Å². The van der Waals surface area contributed by atoms with Gasteiger partial charge in [0.2, 0.25) is 5.91 Å². The minimum absolute atomic E-state index is 0.130. The number of primary amides is 1. The Balaban J connectivity index is 1.51. The summed E-state index contributed by atoms with van der Waals surface area (Å²) in [6, 6.07) is 6.04. The maximum atomic E-state index is 13.1. The predicted octanol–water partition coefficient (Wildman–Crippen LogP) is 2.78. The summed E-state index contributed by atoms with van der Waals surface area (Å²) in [5.41, 5.74) is 6.35. The Morgan fingerprint density at radius 3 is 2.61 bits per heavy atom. The number of hydrogen-bond donors (Lipinski definition) is 2. The maximum absolute atomic E-state index is 13.1. The van der Waals surface area contributed by atoms with E-state index in [0.29, 0.717) is 33.6 Å². The van der Waals surface area contributed by atoms with Crippen molar-refractivity contribution in [2.24, 2.45) is 5.73 Å². The van der Waals surface area contributed by atoms with Gasteiger partial charge in [0.15, 0.2) is 6.10 Å². The van der Waals surface area contributed by atoms with Crippen molar-refractivity contribution < 1.29 is 19.1 Å². The summed E-state index contributed by atoms with van der Waals surface area (Å²) >= 11 is 1.11. The minimum Gasteiger partial charge on any atom is -0.448 e. The molecular weight excluding hydrogens is 444 g/mol. The molecule has 1 aliphatic heterocycles. The summed E-state index contributed by atoms with van der Waals surface area (Å²) in [7, 11) is 0. The lowest BCUT2D eigenvalue weighted by Gasteiger charge is -2.13. The molecule has 0 saturated carbocycles. The molecule has 1 aromatic carbocycles. The molecule has 3 N–H and O–H groups in total. The third-order valence-electron chi connectivity index (χ3n) is 5.69. The Bertz CT molecular complexity index is 1310. The van der Waals surface area contributed by atoms with Crippen LogP contribution in [0.5, 0.6) is 0 Å². The van der Waals surface area contributed by atoms with E-state index < -0.39 is 23.9 Å². The largest absolute Gasteiger partial charge is 0.448 e. The Hall–Kier alpha value is -3.53. The highest BCUT2D eigenvalue weighted by atomic mass is 32.1. The normalized spacial score (nSPS) is 14.2. The summed E-state index contributed by atoms with van der Waals surface area (Å²) in [5.74, 6) is -1.03. The molecule has 0 saturated heterocycles. The molecule has 3 heterocycles. The first kappa shape index (κ1) is 22.7. The standard InChI is InChI=1S/C23H24N4O5S/c1-12-17-21(26-16-6-4-3-5-11-27(16)22(17)30)33-18(12)23(31)32-13(2)20(29)25-15-9-7-14(8-10-15)19(24)28/h7-10,13H,3-6,11H2,1-2H3,(H2,24,28)(H,25,29)/t13-/m1/s1. The fourth-order valence-electron chi connectivity index (χ4n) is 3.83. The second-order valence-corrected chi connectivity index (χ2v) is 9.01. The number of thiophene rings is 1. The highest BCUT2D eigenvalue weighted by Gasteiger charge is 2.26. The van der Waals surface area contributed by atoms with Crippen LogP contribution in [0.2, 0.25) is 0 Å². The molecular formula is C23H24N4O5S. The maximum Gasteiger partial charge on any atom is 0.349 e. The van der Waals surface area contributed by atoms with Gasteiger partial charge in [-0.25, -0.2) is 9.78 Å². The van der Waals surface area contributed by atoms with Crippen molar-refractivity contribution in [2.45, 2.75) is 52.2 Å². The lowest BCUT2D eigenvalue weighted by molar-refractivity contribution is -0.123. The van der Waals surface area contributed by atoms with E-state index in [0.717, 1.165) is 42.8 Å². The van der Waals surface area contributed by atoms with Crippen molar-refractivity contribution in [1.29, 1.82) is 0 Å². The highest BCUT2D eigenvalue weighted by Crippen LogP contribution is 2.29. The molecule has 4 rings (SSSR count). The van der Waals surface area contributed by atoms with Gasteiger partial charge in [-0.3, -0.25) is 19.0 Å². The predicted molar refractivity (Wildman–Crippen MR) is 125 cm³/mol. The number of ether oxygens (including phenoxy) is 1.